The summed E-state index contributed by atoms with van der Waals surface area (Å²) in [5.41, 5.74) is 4.00. The number of hydrogen-bond acceptors (Lipinski definition) is 4. The molecule has 26 heavy (non-hydrogen) atoms. The molecule has 5 nitrogen and oxygen atoms in total. The molecule has 0 bridgehead atoms. The monoisotopic (exact) mass is 355 g/mol. The van der Waals surface area contributed by atoms with E-state index in [1.54, 1.807) is 30.1 Å². The molecule has 0 N–H and O–H groups in total. The zero-order valence-corrected chi connectivity index (χ0v) is 16.0. The highest BCUT2D eigenvalue weighted by Gasteiger charge is 2.14. The maximum absolute atomic E-state index is 12.4. The molecule has 0 radical (unpaired) electrons. The number of amides is 1. The predicted molar refractivity (Wildman–Crippen MR) is 101 cm³/mol. The minimum Gasteiger partial charge on any atom is -0.493 e. The minimum atomic E-state index is -0.136. The van der Waals surface area contributed by atoms with Gasteiger partial charge in [-0.2, -0.15) is 0 Å². The number of carbonyl (C=O) groups excluding carboxylic acids is 2. The van der Waals surface area contributed by atoms with Gasteiger partial charge >= 0.3 is 0 Å². The van der Waals surface area contributed by atoms with E-state index in [0.717, 1.165) is 11.1 Å². The Morgan fingerprint density at radius 1 is 1.04 bits per heavy atom. The quantitative estimate of drug-likeness (QED) is 0.713. The SMILES string of the molecule is COc1cc(C(C)=O)ccc1OCC(=O)N(C)Cc1ccc(C)cc1C. The Morgan fingerprint density at radius 3 is 2.38 bits per heavy atom. The second-order valence-electron chi connectivity index (χ2n) is 6.39. The first-order valence-electron chi connectivity index (χ1n) is 8.43. The Bertz CT molecular complexity index is 814. The van der Waals surface area contributed by atoms with Crippen molar-refractivity contribution in [1.82, 2.24) is 4.90 Å². The number of Topliss-reactive ketones (excluding diaryl/α,β-unsaturated/α-hetero) is 1. The molecule has 2 aromatic rings. The van der Waals surface area contributed by atoms with Crippen LogP contribution in [0.1, 0.15) is 34.0 Å². The van der Waals surface area contributed by atoms with Gasteiger partial charge in [-0.3, -0.25) is 9.59 Å². The summed E-state index contributed by atoms with van der Waals surface area (Å²) in [4.78, 5) is 25.5. The standard InChI is InChI=1S/C21H25NO4/c1-14-6-7-18(15(2)10-14)12-22(4)21(24)13-26-19-9-8-17(16(3)23)11-20(19)25-5/h6-11H,12-13H2,1-5H3. The average molecular weight is 355 g/mol. The molecule has 0 aliphatic heterocycles. The van der Waals surface area contributed by atoms with Crippen molar-refractivity contribution in [3.8, 4) is 11.5 Å². The summed E-state index contributed by atoms with van der Waals surface area (Å²) in [7, 11) is 3.25. The van der Waals surface area contributed by atoms with E-state index in [2.05, 4.69) is 6.07 Å². The van der Waals surface area contributed by atoms with E-state index in [4.69, 9.17) is 9.47 Å². The molecule has 2 rings (SSSR count). The highest BCUT2D eigenvalue weighted by molar-refractivity contribution is 5.94. The van der Waals surface area contributed by atoms with Crippen molar-refractivity contribution >= 4 is 11.7 Å². The summed E-state index contributed by atoms with van der Waals surface area (Å²) in [5.74, 6) is 0.676. The molecule has 0 atom stereocenters. The molecule has 138 valence electrons. The maximum Gasteiger partial charge on any atom is 0.260 e. The second kappa shape index (κ2) is 8.52. The summed E-state index contributed by atoms with van der Waals surface area (Å²) < 4.78 is 10.9. The van der Waals surface area contributed by atoms with Gasteiger partial charge in [0.2, 0.25) is 0 Å². The number of rotatable bonds is 7. The molecule has 2 aromatic carbocycles. The third-order valence-electron chi connectivity index (χ3n) is 4.25. The van der Waals surface area contributed by atoms with Gasteiger partial charge in [0.15, 0.2) is 23.9 Å². The predicted octanol–water partition coefficient (Wildman–Crippen LogP) is 3.55. The number of ether oxygens (including phenoxy) is 2. The Hall–Kier alpha value is -2.82. The van der Waals surface area contributed by atoms with Gasteiger partial charge in [-0.25, -0.2) is 0 Å². The fraction of sp³-hybridized carbons (Fsp3) is 0.333. The van der Waals surface area contributed by atoms with Gasteiger partial charge in [0.25, 0.3) is 5.91 Å². The second-order valence-corrected chi connectivity index (χ2v) is 6.39. The summed E-state index contributed by atoms with van der Waals surface area (Å²) in [6, 6.07) is 11.1. The lowest BCUT2D eigenvalue weighted by molar-refractivity contribution is -0.132. The van der Waals surface area contributed by atoms with E-state index in [1.165, 1.54) is 19.6 Å². The van der Waals surface area contributed by atoms with Gasteiger partial charge in [0.1, 0.15) is 0 Å². The highest BCUT2D eigenvalue weighted by Crippen LogP contribution is 2.28. The van der Waals surface area contributed by atoms with Crippen molar-refractivity contribution in [3.63, 3.8) is 0 Å². The maximum atomic E-state index is 12.4. The molecular formula is C21H25NO4. The zero-order chi connectivity index (χ0) is 19.3. The molecule has 0 aliphatic rings. The average Bonchev–Trinajstić information content (AvgIpc) is 2.61. The van der Waals surface area contributed by atoms with Crippen molar-refractivity contribution in [2.24, 2.45) is 0 Å². The summed E-state index contributed by atoms with van der Waals surface area (Å²) >= 11 is 0. The van der Waals surface area contributed by atoms with Crippen LogP contribution in [0, 0.1) is 13.8 Å². The molecule has 0 fully saturated rings. The number of carbonyl (C=O) groups is 2. The molecular weight excluding hydrogens is 330 g/mol. The van der Waals surface area contributed by atoms with E-state index in [-0.39, 0.29) is 18.3 Å². The van der Waals surface area contributed by atoms with Crippen LogP contribution < -0.4 is 9.47 Å². The first-order valence-corrected chi connectivity index (χ1v) is 8.43. The van der Waals surface area contributed by atoms with E-state index in [9.17, 15) is 9.59 Å². The molecule has 0 heterocycles. The Balaban J connectivity index is 2.00. The van der Waals surface area contributed by atoms with E-state index < -0.39 is 0 Å². The number of likely N-dealkylation sites (N-methyl/N-ethyl adjacent to an activating group) is 1. The number of hydrogen-bond donors (Lipinski definition) is 0. The summed E-state index contributed by atoms with van der Waals surface area (Å²) in [6.45, 7) is 6.00. The van der Waals surface area contributed by atoms with Crippen molar-refractivity contribution in [3.05, 3.63) is 58.7 Å². The smallest absolute Gasteiger partial charge is 0.260 e. The van der Waals surface area contributed by atoms with Crippen LogP contribution in [0.4, 0.5) is 0 Å². The van der Waals surface area contributed by atoms with Crippen LogP contribution in [0.5, 0.6) is 11.5 Å². The summed E-state index contributed by atoms with van der Waals surface area (Å²) in [6.07, 6.45) is 0. The normalized spacial score (nSPS) is 10.3. The summed E-state index contributed by atoms with van der Waals surface area (Å²) in [5, 5.41) is 0. The lowest BCUT2D eigenvalue weighted by Crippen LogP contribution is -2.31. The fourth-order valence-electron chi connectivity index (χ4n) is 2.62. The number of nitrogens with zero attached hydrogens (tertiary/aromatic N) is 1. The van der Waals surface area contributed by atoms with E-state index in [1.807, 2.05) is 26.0 Å². The minimum absolute atomic E-state index is 0.0564. The lowest BCUT2D eigenvalue weighted by atomic mass is 10.1. The van der Waals surface area contributed by atoms with Gasteiger partial charge in [-0.1, -0.05) is 23.8 Å². The van der Waals surface area contributed by atoms with Crippen LogP contribution in [-0.2, 0) is 11.3 Å². The highest BCUT2D eigenvalue weighted by atomic mass is 16.5. The lowest BCUT2D eigenvalue weighted by Gasteiger charge is -2.19. The van der Waals surface area contributed by atoms with Crippen LogP contribution >= 0.6 is 0 Å². The number of aryl methyl sites for hydroxylation is 2. The molecule has 0 aromatic heterocycles. The zero-order valence-electron chi connectivity index (χ0n) is 16.0. The van der Waals surface area contributed by atoms with Crippen molar-refractivity contribution < 1.29 is 19.1 Å². The Labute approximate surface area is 154 Å². The Morgan fingerprint density at radius 2 is 1.77 bits per heavy atom. The van der Waals surface area contributed by atoms with Gasteiger partial charge < -0.3 is 14.4 Å². The molecule has 0 spiro atoms. The molecule has 1 amide bonds. The molecule has 5 heteroatoms. The van der Waals surface area contributed by atoms with Crippen LogP contribution in [0.2, 0.25) is 0 Å². The van der Waals surface area contributed by atoms with Gasteiger partial charge in [0, 0.05) is 19.2 Å². The van der Waals surface area contributed by atoms with E-state index >= 15 is 0 Å². The molecule has 0 unspecified atom stereocenters. The van der Waals surface area contributed by atoms with Crippen molar-refractivity contribution in [2.75, 3.05) is 20.8 Å². The third kappa shape index (κ3) is 4.85. The number of benzene rings is 2. The molecule has 0 aliphatic carbocycles. The van der Waals surface area contributed by atoms with Gasteiger partial charge in [-0.05, 0) is 50.1 Å². The number of ketones is 1. The van der Waals surface area contributed by atoms with Crippen molar-refractivity contribution in [2.45, 2.75) is 27.3 Å². The molecule has 0 saturated carbocycles. The van der Waals surface area contributed by atoms with Crippen LogP contribution in [0.3, 0.4) is 0 Å². The third-order valence-corrected chi connectivity index (χ3v) is 4.25. The largest absolute Gasteiger partial charge is 0.493 e. The van der Waals surface area contributed by atoms with Gasteiger partial charge in [-0.15, -0.1) is 0 Å². The first kappa shape index (κ1) is 19.5. The first-order chi connectivity index (χ1) is 12.3. The molecule has 0 saturated heterocycles. The van der Waals surface area contributed by atoms with E-state index in [0.29, 0.717) is 23.6 Å². The fourth-order valence-corrected chi connectivity index (χ4v) is 2.62. The van der Waals surface area contributed by atoms with Crippen LogP contribution in [-0.4, -0.2) is 37.4 Å². The van der Waals surface area contributed by atoms with Crippen LogP contribution in [0.15, 0.2) is 36.4 Å². The van der Waals surface area contributed by atoms with Crippen molar-refractivity contribution in [1.29, 1.82) is 0 Å². The topological polar surface area (TPSA) is 55.8 Å². The van der Waals surface area contributed by atoms with Crippen LogP contribution in [0.25, 0.3) is 0 Å². The van der Waals surface area contributed by atoms with Gasteiger partial charge in [0.05, 0.1) is 7.11 Å². The Kier molecular flexibility index (Phi) is 6.39. The number of methoxy groups -OCH3 is 1.